The number of para-hydroxylation sites is 1. The minimum Gasteiger partial charge on any atom is -0.393 e. The fourth-order valence-corrected chi connectivity index (χ4v) is 2.40. The second kappa shape index (κ2) is 7.06. The molecule has 0 spiro atoms. The maximum atomic E-state index is 6.16. The molecule has 0 amide bonds. The van der Waals surface area contributed by atoms with Crippen molar-refractivity contribution in [3.05, 3.63) is 65.2 Å². The Morgan fingerprint density at radius 1 is 1.04 bits per heavy atom. The second-order valence-corrected chi connectivity index (χ2v) is 5.66. The van der Waals surface area contributed by atoms with Gasteiger partial charge in [0.15, 0.2) is 11.6 Å². The Morgan fingerprint density at radius 3 is 2.65 bits per heavy atom. The van der Waals surface area contributed by atoms with Gasteiger partial charge in [0.1, 0.15) is 12.0 Å². The molecule has 3 aromatic rings. The standard InChI is InChI=1S/C16H15BrN6/c17-12-5-1-2-6-13(12)23-16-14(18)15(21-10-22-16)20-9-11-4-3-7-19-8-11/h1-8,10H,9,18H2,(H2,20,21,22,23). The fourth-order valence-electron chi connectivity index (χ4n) is 2.01. The lowest BCUT2D eigenvalue weighted by Crippen LogP contribution is -2.08. The number of hydrogen-bond donors (Lipinski definition) is 3. The number of nitrogens with two attached hydrogens (primary N) is 1. The number of nitrogens with zero attached hydrogens (tertiary/aromatic N) is 3. The van der Waals surface area contributed by atoms with Gasteiger partial charge in [0.2, 0.25) is 0 Å². The molecular weight excluding hydrogens is 356 g/mol. The Balaban J connectivity index is 1.77. The molecule has 0 aliphatic rings. The third-order valence-electron chi connectivity index (χ3n) is 3.19. The Bertz CT molecular complexity index is 794. The van der Waals surface area contributed by atoms with Crippen molar-refractivity contribution in [2.45, 2.75) is 6.54 Å². The van der Waals surface area contributed by atoms with Gasteiger partial charge in [-0.15, -0.1) is 0 Å². The van der Waals surface area contributed by atoms with Gasteiger partial charge in [-0.05, 0) is 39.7 Å². The van der Waals surface area contributed by atoms with Gasteiger partial charge in [0, 0.05) is 23.4 Å². The van der Waals surface area contributed by atoms with Crippen LogP contribution in [-0.4, -0.2) is 15.0 Å². The first-order valence-corrected chi connectivity index (χ1v) is 7.78. The average Bonchev–Trinajstić information content (AvgIpc) is 2.58. The highest BCUT2D eigenvalue weighted by Crippen LogP contribution is 2.29. The van der Waals surface area contributed by atoms with Crippen LogP contribution in [0.25, 0.3) is 0 Å². The lowest BCUT2D eigenvalue weighted by Gasteiger charge is -2.13. The van der Waals surface area contributed by atoms with E-state index >= 15 is 0 Å². The molecule has 2 heterocycles. The number of nitrogen functional groups attached to an aromatic ring is 1. The SMILES string of the molecule is Nc1c(NCc2cccnc2)ncnc1Nc1ccccc1Br. The Morgan fingerprint density at radius 2 is 1.87 bits per heavy atom. The Hall–Kier alpha value is -2.67. The summed E-state index contributed by atoms with van der Waals surface area (Å²) in [6, 6.07) is 11.6. The third kappa shape index (κ3) is 3.75. The third-order valence-corrected chi connectivity index (χ3v) is 3.89. The smallest absolute Gasteiger partial charge is 0.159 e. The van der Waals surface area contributed by atoms with Crippen molar-refractivity contribution >= 4 is 38.9 Å². The highest BCUT2D eigenvalue weighted by Gasteiger charge is 2.09. The van der Waals surface area contributed by atoms with E-state index in [0.717, 1.165) is 15.7 Å². The Labute approximate surface area is 142 Å². The summed E-state index contributed by atoms with van der Waals surface area (Å²) in [4.78, 5) is 12.5. The maximum absolute atomic E-state index is 6.16. The van der Waals surface area contributed by atoms with E-state index in [1.165, 1.54) is 6.33 Å². The molecule has 2 aromatic heterocycles. The van der Waals surface area contributed by atoms with Crippen LogP contribution in [0.3, 0.4) is 0 Å². The maximum Gasteiger partial charge on any atom is 0.159 e. The molecule has 0 fully saturated rings. The molecule has 0 bridgehead atoms. The molecular formula is C16H15BrN6. The molecule has 0 unspecified atom stereocenters. The van der Waals surface area contributed by atoms with Gasteiger partial charge in [0.25, 0.3) is 0 Å². The van der Waals surface area contributed by atoms with Crippen molar-refractivity contribution in [2.75, 3.05) is 16.4 Å². The van der Waals surface area contributed by atoms with Crippen molar-refractivity contribution < 1.29 is 0 Å². The summed E-state index contributed by atoms with van der Waals surface area (Å²) in [5.41, 5.74) is 8.56. The minimum atomic E-state index is 0.465. The van der Waals surface area contributed by atoms with Gasteiger partial charge in [-0.2, -0.15) is 0 Å². The van der Waals surface area contributed by atoms with E-state index in [4.69, 9.17) is 5.73 Å². The molecule has 4 N–H and O–H groups in total. The van der Waals surface area contributed by atoms with Crippen LogP contribution in [-0.2, 0) is 6.54 Å². The number of aromatic nitrogens is 3. The van der Waals surface area contributed by atoms with E-state index in [1.54, 1.807) is 12.4 Å². The summed E-state index contributed by atoms with van der Waals surface area (Å²) in [6.45, 7) is 0.587. The van der Waals surface area contributed by atoms with Crippen molar-refractivity contribution in [2.24, 2.45) is 0 Å². The molecule has 116 valence electrons. The molecule has 0 aliphatic heterocycles. The topological polar surface area (TPSA) is 88.8 Å². The van der Waals surface area contributed by atoms with Crippen LogP contribution in [0.4, 0.5) is 23.0 Å². The average molecular weight is 371 g/mol. The molecule has 0 aliphatic carbocycles. The van der Waals surface area contributed by atoms with E-state index in [0.29, 0.717) is 23.9 Å². The van der Waals surface area contributed by atoms with Crippen molar-refractivity contribution in [1.82, 2.24) is 15.0 Å². The first-order chi connectivity index (χ1) is 11.2. The summed E-state index contributed by atoms with van der Waals surface area (Å²) in [5, 5.41) is 6.41. The molecule has 1 aromatic carbocycles. The quantitative estimate of drug-likeness (QED) is 0.636. The van der Waals surface area contributed by atoms with Gasteiger partial charge < -0.3 is 16.4 Å². The predicted octanol–water partition coefficient (Wildman–Crippen LogP) is 3.57. The van der Waals surface area contributed by atoms with E-state index in [2.05, 4.69) is 41.5 Å². The summed E-state index contributed by atoms with van der Waals surface area (Å²) >= 11 is 3.49. The van der Waals surface area contributed by atoms with Gasteiger partial charge in [-0.1, -0.05) is 18.2 Å². The van der Waals surface area contributed by atoms with Crippen LogP contribution in [0.1, 0.15) is 5.56 Å². The van der Waals surface area contributed by atoms with E-state index in [1.807, 2.05) is 36.4 Å². The number of anilines is 4. The van der Waals surface area contributed by atoms with Crippen LogP contribution in [0.2, 0.25) is 0 Å². The minimum absolute atomic E-state index is 0.465. The summed E-state index contributed by atoms with van der Waals surface area (Å²) in [5.74, 6) is 1.14. The number of hydrogen-bond acceptors (Lipinski definition) is 6. The first kappa shape index (κ1) is 15.2. The monoisotopic (exact) mass is 370 g/mol. The molecule has 0 saturated carbocycles. The van der Waals surface area contributed by atoms with Crippen LogP contribution in [0.5, 0.6) is 0 Å². The van der Waals surface area contributed by atoms with Crippen molar-refractivity contribution in [1.29, 1.82) is 0 Å². The summed E-state index contributed by atoms with van der Waals surface area (Å²) in [6.07, 6.45) is 5.01. The van der Waals surface area contributed by atoms with E-state index in [9.17, 15) is 0 Å². The molecule has 0 atom stereocenters. The van der Waals surface area contributed by atoms with E-state index in [-0.39, 0.29) is 0 Å². The molecule has 7 heteroatoms. The lowest BCUT2D eigenvalue weighted by molar-refractivity contribution is 1.07. The molecule has 6 nitrogen and oxygen atoms in total. The van der Waals surface area contributed by atoms with Crippen molar-refractivity contribution in [3.8, 4) is 0 Å². The van der Waals surface area contributed by atoms with Crippen molar-refractivity contribution in [3.63, 3.8) is 0 Å². The highest BCUT2D eigenvalue weighted by molar-refractivity contribution is 9.10. The van der Waals surface area contributed by atoms with Gasteiger partial charge >= 0.3 is 0 Å². The second-order valence-electron chi connectivity index (χ2n) is 4.80. The van der Waals surface area contributed by atoms with Gasteiger partial charge in [-0.3, -0.25) is 4.98 Å². The number of benzene rings is 1. The Kier molecular flexibility index (Phi) is 4.68. The van der Waals surface area contributed by atoms with E-state index < -0.39 is 0 Å². The highest BCUT2D eigenvalue weighted by atomic mass is 79.9. The zero-order chi connectivity index (χ0) is 16.1. The zero-order valence-electron chi connectivity index (χ0n) is 12.2. The summed E-state index contributed by atoms with van der Waals surface area (Å²) < 4.78 is 0.933. The normalized spacial score (nSPS) is 10.3. The lowest BCUT2D eigenvalue weighted by atomic mass is 10.3. The van der Waals surface area contributed by atoms with Crippen LogP contribution in [0.15, 0.2) is 59.6 Å². The van der Waals surface area contributed by atoms with Crippen LogP contribution < -0.4 is 16.4 Å². The molecule has 23 heavy (non-hydrogen) atoms. The number of rotatable bonds is 5. The van der Waals surface area contributed by atoms with Gasteiger partial charge in [0.05, 0.1) is 5.69 Å². The van der Waals surface area contributed by atoms with Gasteiger partial charge in [-0.25, -0.2) is 9.97 Å². The van der Waals surface area contributed by atoms with Crippen LogP contribution in [0, 0.1) is 0 Å². The molecule has 0 radical (unpaired) electrons. The van der Waals surface area contributed by atoms with Crippen LogP contribution >= 0.6 is 15.9 Å². The predicted molar refractivity (Wildman–Crippen MR) is 95.4 cm³/mol. The number of nitrogens with one attached hydrogen (secondary N) is 2. The number of halogens is 1. The summed E-state index contributed by atoms with van der Waals surface area (Å²) in [7, 11) is 0. The molecule has 3 rings (SSSR count). The molecule has 0 saturated heterocycles. The first-order valence-electron chi connectivity index (χ1n) is 6.99. The fraction of sp³-hybridized carbons (Fsp3) is 0.0625. The largest absolute Gasteiger partial charge is 0.393 e. The zero-order valence-corrected chi connectivity index (χ0v) is 13.8. The number of pyridine rings is 1.